The van der Waals surface area contributed by atoms with Gasteiger partial charge in [-0.1, -0.05) is 59.8 Å². The molecule has 0 unspecified atom stereocenters. The third-order valence-corrected chi connectivity index (χ3v) is 7.05. The van der Waals surface area contributed by atoms with E-state index in [9.17, 15) is 13.6 Å². The quantitative estimate of drug-likeness (QED) is 0.253. The van der Waals surface area contributed by atoms with Crippen molar-refractivity contribution in [1.82, 2.24) is 15.0 Å². The van der Waals surface area contributed by atoms with E-state index in [1.54, 1.807) is 19.1 Å². The number of benzene rings is 3. The fourth-order valence-electron chi connectivity index (χ4n) is 4.11. The van der Waals surface area contributed by atoms with Gasteiger partial charge in [0.15, 0.2) is 0 Å². The van der Waals surface area contributed by atoms with Gasteiger partial charge in [0.2, 0.25) is 5.82 Å². The Labute approximate surface area is 216 Å². The third kappa shape index (κ3) is 5.52. The Morgan fingerprint density at radius 3 is 2.22 bits per heavy atom. The molecule has 3 aromatic carbocycles. The zero-order chi connectivity index (χ0) is 27.0. The van der Waals surface area contributed by atoms with Crippen LogP contribution in [0.2, 0.25) is 0 Å². The molecule has 0 atom stereocenters. The van der Waals surface area contributed by atoms with Crippen molar-refractivity contribution in [2.45, 2.75) is 52.6 Å². The molecule has 192 valence electrons. The highest BCUT2D eigenvalue weighted by atomic mass is 19.3. The maximum atomic E-state index is 14.7. The van der Waals surface area contributed by atoms with Gasteiger partial charge >= 0.3 is 0 Å². The predicted molar refractivity (Wildman–Crippen MR) is 141 cm³/mol. The number of hydrogen-bond acceptors (Lipinski definition) is 5. The van der Waals surface area contributed by atoms with Crippen LogP contribution >= 0.6 is 0 Å². The number of rotatable bonds is 8. The summed E-state index contributed by atoms with van der Waals surface area (Å²) in [5.74, 6) is -2.42. The standard InChI is InChI=1S/C30H31F2N3O2/c1-19-9-7-8-10-24(19)25-16-15-23(17-26(25)30(5,31)32)28-33-27(34-37-28)22-13-11-21(12-14-22)18-35(6)29(3,4)20(2)36/h7-17H,18H2,1-6H3. The van der Waals surface area contributed by atoms with Gasteiger partial charge in [-0.15, -0.1) is 0 Å². The number of ketones is 1. The number of nitrogens with zero attached hydrogens (tertiary/aromatic N) is 3. The largest absolute Gasteiger partial charge is 0.334 e. The zero-order valence-corrected chi connectivity index (χ0v) is 22.0. The number of likely N-dealkylation sites (N-methyl/N-ethyl adjacent to an activating group) is 1. The van der Waals surface area contributed by atoms with Crippen molar-refractivity contribution in [2.24, 2.45) is 0 Å². The van der Waals surface area contributed by atoms with Crippen LogP contribution in [0.1, 0.15) is 44.4 Å². The second-order valence-electron chi connectivity index (χ2n) is 10.1. The van der Waals surface area contributed by atoms with E-state index in [1.807, 2.05) is 81.2 Å². The van der Waals surface area contributed by atoms with E-state index in [0.29, 0.717) is 23.5 Å². The van der Waals surface area contributed by atoms with Crippen LogP contribution in [-0.4, -0.2) is 33.4 Å². The first-order chi connectivity index (χ1) is 17.4. The van der Waals surface area contributed by atoms with Crippen molar-refractivity contribution in [3.05, 3.63) is 83.4 Å². The van der Waals surface area contributed by atoms with Gasteiger partial charge in [-0.25, -0.2) is 8.78 Å². The lowest BCUT2D eigenvalue weighted by Gasteiger charge is -2.33. The molecule has 0 aliphatic rings. The lowest BCUT2D eigenvalue weighted by Crippen LogP contribution is -2.46. The summed E-state index contributed by atoms with van der Waals surface area (Å²) in [7, 11) is 1.92. The topological polar surface area (TPSA) is 59.2 Å². The van der Waals surface area contributed by atoms with E-state index >= 15 is 0 Å². The molecular weight excluding hydrogens is 472 g/mol. The first kappa shape index (κ1) is 26.4. The molecule has 4 rings (SSSR count). The smallest absolute Gasteiger partial charge is 0.271 e. The summed E-state index contributed by atoms with van der Waals surface area (Å²) >= 11 is 0. The Kier molecular flexibility index (Phi) is 7.11. The number of aromatic nitrogens is 2. The van der Waals surface area contributed by atoms with Crippen LogP contribution in [0.15, 0.2) is 71.3 Å². The van der Waals surface area contributed by atoms with E-state index in [0.717, 1.165) is 29.2 Å². The van der Waals surface area contributed by atoms with Crippen molar-refractivity contribution in [2.75, 3.05) is 7.05 Å². The van der Waals surface area contributed by atoms with E-state index in [1.165, 1.54) is 6.07 Å². The van der Waals surface area contributed by atoms with Crippen LogP contribution in [-0.2, 0) is 17.3 Å². The lowest BCUT2D eigenvalue weighted by atomic mass is 9.92. The number of carbonyl (C=O) groups is 1. The molecule has 1 heterocycles. The number of carbonyl (C=O) groups excluding carboxylic acids is 1. The molecule has 4 aromatic rings. The fraction of sp³-hybridized carbons (Fsp3) is 0.300. The maximum Gasteiger partial charge on any atom is 0.271 e. The molecule has 0 saturated heterocycles. The molecule has 0 aliphatic heterocycles. The summed E-state index contributed by atoms with van der Waals surface area (Å²) in [5, 5.41) is 4.07. The molecule has 0 saturated carbocycles. The van der Waals surface area contributed by atoms with Gasteiger partial charge in [0.05, 0.1) is 5.54 Å². The summed E-state index contributed by atoms with van der Waals surface area (Å²) in [6, 6.07) is 20.0. The molecule has 0 fully saturated rings. The first-order valence-corrected chi connectivity index (χ1v) is 12.1. The number of aryl methyl sites for hydroxylation is 1. The molecule has 0 radical (unpaired) electrons. The van der Waals surface area contributed by atoms with Crippen LogP contribution in [0.25, 0.3) is 34.0 Å². The van der Waals surface area contributed by atoms with E-state index < -0.39 is 11.5 Å². The fourth-order valence-corrected chi connectivity index (χ4v) is 4.11. The number of Topliss-reactive ketones (excluding diaryl/α,β-unsaturated/α-hetero) is 1. The van der Waals surface area contributed by atoms with Gasteiger partial charge < -0.3 is 4.52 Å². The Morgan fingerprint density at radius 2 is 1.59 bits per heavy atom. The van der Waals surface area contributed by atoms with Crippen molar-refractivity contribution in [1.29, 1.82) is 0 Å². The predicted octanol–water partition coefficient (Wildman–Crippen LogP) is 7.29. The second-order valence-corrected chi connectivity index (χ2v) is 10.1. The molecule has 0 aliphatic carbocycles. The van der Waals surface area contributed by atoms with E-state index in [2.05, 4.69) is 10.1 Å². The van der Waals surface area contributed by atoms with Gasteiger partial charge in [-0.2, -0.15) is 4.98 Å². The van der Waals surface area contributed by atoms with Crippen LogP contribution < -0.4 is 0 Å². The van der Waals surface area contributed by atoms with Crippen LogP contribution in [0.3, 0.4) is 0 Å². The summed E-state index contributed by atoms with van der Waals surface area (Å²) in [4.78, 5) is 18.4. The minimum absolute atomic E-state index is 0.0963. The molecular formula is C30H31F2N3O2. The summed E-state index contributed by atoms with van der Waals surface area (Å²) < 4.78 is 34.8. The minimum atomic E-state index is -3.06. The molecule has 0 N–H and O–H groups in total. The highest BCUT2D eigenvalue weighted by Crippen LogP contribution is 2.39. The molecule has 0 amide bonds. The van der Waals surface area contributed by atoms with Crippen molar-refractivity contribution >= 4 is 5.78 Å². The highest BCUT2D eigenvalue weighted by molar-refractivity contribution is 5.85. The number of halogens is 2. The molecule has 1 aromatic heterocycles. The van der Waals surface area contributed by atoms with Crippen LogP contribution in [0.5, 0.6) is 0 Å². The summed E-state index contributed by atoms with van der Waals surface area (Å²) in [5.41, 5.74) is 3.69. The second kappa shape index (κ2) is 9.98. The Morgan fingerprint density at radius 1 is 0.946 bits per heavy atom. The number of hydrogen-bond donors (Lipinski definition) is 0. The van der Waals surface area contributed by atoms with E-state index in [4.69, 9.17) is 4.52 Å². The molecule has 0 spiro atoms. The molecule has 37 heavy (non-hydrogen) atoms. The maximum absolute atomic E-state index is 14.7. The summed E-state index contributed by atoms with van der Waals surface area (Å²) in [6.45, 7) is 8.79. The Bertz CT molecular complexity index is 1420. The Balaban J connectivity index is 1.60. The van der Waals surface area contributed by atoms with Crippen LogP contribution in [0.4, 0.5) is 8.78 Å². The SMILES string of the molecule is CC(=O)C(C)(C)N(C)Cc1ccc(-c2noc(-c3ccc(-c4ccccc4C)c(C(C)(F)F)c3)n2)cc1. The van der Waals surface area contributed by atoms with E-state index in [-0.39, 0.29) is 17.2 Å². The highest BCUT2D eigenvalue weighted by Gasteiger charge is 2.30. The zero-order valence-electron chi connectivity index (χ0n) is 22.0. The van der Waals surface area contributed by atoms with Crippen molar-refractivity contribution in [3.63, 3.8) is 0 Å². The lowest BCUT2D eigenvalue weighted by molar-refractivity contribution is -0.126. The minimum Gasteiger partial charge on any atom is -0.334 e. The number of alkyl halides is 2. The van der Waals surface area contributed by atoms with Gasteiger partial charge in [-0.3, -0.25) is 9.69 Å². The average Bonchev–Trinajstić information content (AvgIpc) is 3.34. The van der Waals surface area contributed by atoms with Gasteiger partial charge in [0, 0.05) is 30.2 Å². The monoisotopic (exact) mass is 503 g/mol. The van der Waals surface area contributed by atoms with Gasteiger partial charge in [0.25, 0.3) is 11.8 Å². The molecule has 0 bridgehead atoms. The van der Waals surface area contributed by atoms with Crippen molar-refractivity contribution < 1.29 is 18.1 Å². The first-order valence-electron chi connectivity index (χ1n) is 12.1. The third-order valence-electron chi connectivity index (χ3n) is 7.05. The van der Waals surface area contributed by atoms with Gasteiger partial charge in [-0.05, 0) is 69.1 Å². The Hall–Kier alpha value is -3.71. The van der Waals surface area contributed by atoms with Crippen LogP contribution in [0, 0.1) is 6.92 Å². The average molecular weight is 504 g/mol. The molecule has 5 nitrogen and oxygen atoms in total. The normalized spacial score (nSPS) is 12.2. The summed E-state index contributed by atoms with van der Waals surface area (Å²) in [6.07, 6.45) is 0. The van der Waals surface area contributed by atoms with Gasteiger partial charge in [0.1, 0.15) is 5.78 Å². The molecule has 7 heteroatoms. The van der Waals surface area contributed by atoms with Crippen molar-refractivity contribution in [3.8, 4) is 34.0 Å².